The summed E-state index contributed by atoms with van der Waals surface area (Å²) in [5, 5.41) is 1.01. The molecule has 0 fully saturated rings. The highest BCUT2D eigenvalue weighted by Crippen LogP contribution is 2.33. The molecule has 19 heavy (non-hydrogen) atoms. The van der Waals surface area contributed by atoms with Gasteiger partial charge in [0.25, 0.3) is 0 Å². The van der Waals surface area contributed by atoms with Gasteiger partial charge in [-0.3, -0.25) is 0 Å². The molecule has 0 aliphatic carbocycles. The highest BCUT2D eigenvalue weighted by molar-refractivity contribution is 6.04. The van der Waals surface area contributed by atoms with Crippen molar-refractivity contribution in [2.75, 3.05) is 0 Å². The summed E-state index contributed by atoms with van der Waals surface area (Å²) >= 11 is 0. The van der Waals surface area contributed by atoms with Crippen LogP contribution in [0.2, 0.25) is 0 Å². The van der Waals surface area contributed by atoms with E-state index in [0.29, 0.717) is 5.39 Å². The molecule has 5 heteroatoms. The maximum Gasteiger partial charge on any atom is 0.416 e. The van der Waals surface area contributed by atoms with Crippen LogP contribution in [0.4, 0.5) is 13.2 Å². The van der Waals surface area contributed by atoms with E-state index >= 15 is 0 Å². The highest BCUT2D eigenvalue weighted by atomic mass is 19.4. The van der Waals surface area contributed by atoms with Crippen molar-refractivity contribution in [1.29, 1.82) is 0 Å². The molecule has 0 aliphatic heterocycles. The van der Waals surface area contributed by atoms with Gasteiger partial charge in [0.15, 0.2) is 0 Å². The molecule has 0 radical (unpaired) electrons. The summed E-state index contributed by atoms with van der Waals surface area (Å²) in [6, 6.07) is 9.52. The summed E-state index contributed by atoms with van der Waals surface area (Å²) in [5.41, 5.74) is -1.17. The molecular formula is C14H7F3O2. The Morgan fingerprint density at radius 3 is 2.26 bits per heavy atom. The Morgan fingerprint density at radius 1 is 0.895 bits per heavy atom. The van der Waals surface area contributed by atoms with Crippen molar-refractivity contribution in [2.24, 2.45) is 0 Å². The fraction of sp³-hybridized carbons (Fsp3) is 0.0714. The Morgan fingerprint density at radius 2 is 1.58 bits per heavy atom. The first-order valence-corrected chi connectivity index (χ1v) is 5.49. The number of halogens is 3. The summed E-state index contributed by atoms with van der Waals surface area (Å²) in [6.07, 6.45) is -4.43. The van der Waals surface area contributed by atoms with E-state index in [1.165, 1.54) is 12.1 Å². The Bertz CT molecular complexity index is 831. The van der Waals surface area contributed by atoms with Crippen molar-refractivity contribution in [1.82, 2.24) is 0 Å². The Kier molecular flexibility index (Phi) is 2.38. The lowest BCUT2D eigenvalue weighted by molar-refractivity contribution is -0.137. The zero-order valence-electron chi connectivity index (χ0n) is 9.49. The van der Waals surface area contributed by atoms with Crippen molar-refractivity contribution in [3.05, 3.63) is 58.4 Å². The van der Waals surface area contributed by atoms with Crippen molar-refractivity contribution < 1.29 is 17.6 Å². The first-order chi connectivity index (χ1) is 8.97. The van der Waals surface area contributed by atoms with Crippen LogP contribution in [0.1, 0.15) is 5.56 Å². The van der Waals surface area contributed by atoms with Gasteiger partial charge in [-0.2, -0.15) is 13.2 Å². The van der Waals surface area contributed by atoms with Gasteiger partial charge in [-0.15, -0.1) is 0 Å². The summed E-state index contributed by atoms with van der Waals surface area (Å²) in [7, 11) is 0. The van der Waals surface area contributed by atoms with Crippen molar-refractivity contribution in [3.63, 3.8) is 0 Å². The minimum Gasteiger partial charge on any atom is -0.422 e. The van der Waals surface area contributed by atoms with Crippen LogP contribution >= 0.6 is 0 Å². The molecule has 0 saturated heterocycles. The van der Waals surface area contributed by atoms with E-state index in [2.05, 4.69) is 0 Å². The van der Waals surface area contributed by atoms with Crippen molar-refractivity contribution >= 4 is 21.7 Å². The maximum absolute atomic E-state index is 12.7. The normalized spacial score (nSPS) is 12.2. The van der Waals surface area contributed by atoms with E-state index in [4.69, 9.17) is 4.42 Å². The number of benzene rings is 2. The fourth-order valence-corrected chi connectivity index (χ4v) is 2.06. The summed E-state index contributed by atoms with van der Waals surface area (Å²) in [6.45, 7) is 0. The minimum atomic E-state index is -4.43. The monoisotopic (exact) mass is 264 g/mol. The van der Waals surface area contributed by atoms with Gasteiger partial charge < -0.3 is 4.42 Å². The summed E-state index contributed by atoms with van der Waals surface area (Å²) in [5.74, 6) is 0. The van der Waals surface area contributed by atoms with E-state index in [1.54, 1.807) is 18.2 Å². The van der Waals surface area contributed by atoms with Gasteiger partial charge >= 0.3 is 11.8 Å². The van der Waals surface area contributed by atoms with Gasteiger partial charge in [0, 0.05) is 5.39 Å². The van der Waals surface area contributed by atoms with Crippen LogP contribution in [-0.2, 0) is 6.18 Å². The molecule has 3 rings (SSSR count). The molecule has 2 aromatic carbocycles. The predicted octanol–water partition coefficient (Wildman–Crippen LogP) is 3.97. The third kappa shape index (κ3) is 1.87. The lowest BCUT2D eigenvalue weighted by atomic mass is 10.1. The van der Waals surface area contributed by atoms with Crippen LogP contribution < -0.4 is 5.63 Å². The second kappa shape index (κ2) is 3.85. The van der Waals surface area contributed by atoms with Crippen molar-refractivity contribution in [3.8, 4) is 0 Å². The average molecular weight is 264 g/mol. The second-order valence-corrected chi connectivity index (χ2v) is 4.14. The largest absolute Gasteiger partial charge is 0.422 e. The maximum atomic E-state index is 12.7. The van der Waals surface area contributed by atoms with Crippen LogP contribution in [0.15, 0.2) is 51.7 Å². The van der Waals surface area contributed by atoms with Gasteiger partial charge in [-0.05, 0) is 29.7 Å². The topological polar surface area (TPSA) is 30.2 Å². The highest BCUT2D eigenvalue weighted by Gasteiger charge is 2.30. The van der Waals surface area contributed by atoms with E-state index in [9.17, 15) is 18.0 Å². The molecular weight excluding hydrogens is 257 g/mol. The molecule has 96 valence electrons. The molecule has 0 saturated carbocycles. The molecule has 0 N–H and O–H groups in total. The van der Waals surface area contributed by atoms with E-state index in [0.717, 1.165) is 12.1 Å². The molecule has 0 aliphatic rings. The quantitative estimate of drug-likeness (QED) is 0.454. The number of rotatable bonds is 0. The Labute approximate surface area is 105 Å². The van der Waals surface area contributed by atoms with Crippen LogP contribution in [-0.4, -0.2) is 0 Å². The molecule has 3 aromatic rings. The van der Waals surface area contributed by atoms with Crippen LogP contribution in [0.5, 0.6) is 0 Å². The van der Waals surface area contributed by atoms with Crippen LogP contribution in [0.3, 0.4) is 0 Å². The van der Waals surface area contributed by atoms with E-state index in [1.807, 2.05) is 0 Å². The third-order valence-corrected chi connectivity index (χ3v) is 2.95. The molecule has 0 spiro atoms. The van der Waals surface area contributed by atoms with Crippen LogP contribution in [0, 0.1) is 0 Å². The smallest absolute Gasteiger partial charge is 0.416 e. The van der Waals surface area contributed by atoms with Crippen molar-refractivity contribution in [2.45, 2.75) is 6.18 Å². The van der Waals surface area contributed by atoms with Gasteiger partial charge in [0.1, 0.15) is 5.58 Å². The van der Waals surface area contributed by atoms with Crippen LogP contribution in [0.25, 0.3) is 21.7 Å². The Balaban J connectivity index is 2.48. The molecule has 0 bridgehead atoms. The van der Waals surface area contributed by atoms with Gasteiger partial charge in [0.05, 0.1) is 10.9 Å². The van der Waals surface area contributed by atoms with Gasteiger partial charge in [0.2, 0.25) is 0 Å². The molecule has 0 unspecified atom stereocenters. The summed E-state index contributed by atoms with van der Waals surface area (Å²) in [4.78, 5) is 11.7. The number of fused-ring (bicyclic) bond motifs is 3. The van der Waals surface area contributed by atoms with E-state index in [-0.39, 0.29) is 16.4 Å². The molecule has 1 aromatic heterocycles. The SMILES string of the molecule is O=c1oc2ccc(C(F)(F)F)cc2c2ccccc12. The number of hydrogen-bond donors (Lipinski definition) is 0. The summed E-state index contributed by atoms with van der Waals surface area (Å²) < 4.78 is 43.1. The average Bonchev–Trinajstić information content (AvgIpc) is 2.37. The lowest BCUT2D eigenvalue weighted by Crippen LogP contribution is -2.05. The number of hydrogen-bond acceptors (Lipinski definition) is 2. The van der Waals surface area contributed by atoms with E-state index < -0.39 is 17.4 Å². The lowest BCUT2D eigenvalue weighted by Gasteiger charge is -2.08. The first kappa shape index (κ1) is 11.8. The first-order valence-electron chi connectivity index (χ1n) is 5.49. The molecule has 0 atom stereocenters. The van der Waals surface area contributed by atoms with Gasteiger partial charge in [-0.25, -0.2) is 4.79 Å². The minimum absolute atomic E-state index is 0.150. The number of alkyl halides is 3. The predicted molar refractivity (Wildman–Crippen MR) is 65.0 cm³/mol. The molecule has 0 amide bonds. The molecule has 2 nitrogen and oxygen atoms in total. The third-order valence-electron chi connectivity index (χ3n) is 2.95. The fourth-order valence-electron chi connectivity index (χ4n) is 2.06. The standard InChI is InChI=1S/C14H7F3O2/c15-14(16,17)8-5-6-12-11(7-8)9-3-1-2-4-10(9)13(18)19-12/h1-7H. The molecule has 1 heterocycles. The van der Waals surface area contributed by atoms with Gasteiger partial charge in [-0.1, -0.05) is 18.2 Å². The second-order valence-electron chi connectivity index (χ2n) is 4.14. The Hall–Kier alpha value is -2.30. The zero-order chi connectivity index (χ0) is 13.6. The zero-order valence-corrected chi connectivity index (χ0v) is 9.49.